The van der Waals surface area contributed by atoms with Gasteiger partial charge in [-0.2, -0.15) is 0 Å². The number of hydrogen-bond acceptors (Lipinski definition) is 2. The van der Waals surface area contributed by atoms with Crippen molar-refractivity contribution in [2.24, 2.45) is 11.8 Å². The van der Waals surface area contributed by atoms with Crippen molar-refractivity contribution in [1.29, 1.82) is 0 Å². The molecule has 1 heterocycles. The molecule has 0 saturated heterocycles. The second-order valence-electron chi connectivity index (χ2n) is 6.00. The summed E-state index contributed by atoms with van der Waals surface area (Å²) in [6.07, 6.45) is 9.65. The molecule has 1 fully saturated rings. The van der Waals surface area contributed by atoms with Crippen LogP contribution in [0, 0.1) is 11.8 Å². The van der Waals surface area contributed by atoms with E-state index in [1.54, 1.807) is 0 Å². The normalized spacial score (nSPS) is 24.6. The minimum absolute atomic E-state index is 0.318. The van der Waals surface area contributed by atoms with E-state index in [1.807, 2.05) is 18.3 Å². The van der Waals surface area contributed by atoms with Gasteiger partial charge in [-0.15, -0.1) is 0 Å². The molecule has 0 amide bonds. The minimum atomic E-state index is 0.318. The number of halogens is 1. The highest BCUT2D eigenvalue weighted by Gasteiger charge is 2.30. The van der Waals surface area contributed by atoms with Crippen molar-refractivity contribution in [3.8, 4) is 0 Å². The van der Waals surface area contributed by atoms with Crippen LogP contribution in [-0.4, -0.2) is 11.5 Å². The van der Waals surface area contributed by atoms with Crippen LogP contribution < -0.4 is 5.32 Å². The molecular formula is C17H27ClN2. The molecule has 3 heteroatoms. The molecule has 3 unspecified atom stereocenters. The first kappa shape index (κ1) is 15.8. The van der Waals surface area contributed by atoms with Gasteiger partial charge in [-0.1, -0.05) is 44.7 Å². The van der Waals surface area contributed by atoms with E-state index in [9.17, 15) is 0 Å². The molecule has 1 aromatic rings. The Morgan fingerprint density at radius 2 is 2.25 bits per heavy atom. The van der Waals surface area contributed by atoms with Gasteiger partial charge in [0.2, 0.25) is 0 Å². The molecule has 0 spiro atoms. The molecule has 3 atom stereocenters. The Morgan fingerprint density at radius 3 is 2.95 bits per heavy atom. The molecule has 1 aromatic heterocycles. The first-order valence-electron chi connectivity index (χ1n) is 8.10. The van der Waals surface area contributed by atoms with Crippen LogP contribution in [0.5, 0.6) is 0 Å². The summed E-state index contributed by atoms with van der Waals surface area (Å²) in [5, 5.41) is 4.50. The maximum Gasteiger partial charge on any atom is 0.0761 e. The van der Waals surface area contributed by atoms with Gasteiger partial charge in [0.25, 0.3) is 0 Å². The van der Waals surface area contributed by atoms with Crippen LogP contribution >= 0.6 is 11.6 Å². The summed E-state index contributed by atoms with van der Waals surface area (Å²) in [6, 6.07) is 4.20. The van der Waals surface area contributed by atoms with Gasteiger partial charge < -0.3 is 5.32 Å². The molecule has 1 N–H and O–H groups in total. The lowest BCUT2D eigenvalue weighted by molar-refractivity contribution is 0.207. The zero-order chi connectivity index (χ0) is 14.4. The van der Waals surface area contributed by atoms with Crippen molar-refractivity contribution >= 4 is 11.6 Å². The van der Waals surface area contributed by atoms with E-state index in [4.69, 9.17) is 11.6 Å². The van der Waals surface area contributed by atoms with Gasteiger partial charge in [-0.05, 0) is 49.8 Å². The maximum atomic E-state index is 6.38. The predicted molar refractivity (Wildman–Crippen MR) is 86.0 cm³/mol. The Labute approximate surface area is 128 Å². The number of nitrogens with one attached hydrogen (secondary N) is 1. The quantitative estimate of drug-likeness (QED) is 0.799. The first-order chi connectivity index (χ1) is 9.76. The SMILES string of the molecule is CCCNC(c1ncccc1Cl)C1CCCC(CC)C1. The highest BCUT2D eigenvalue weighted by molar-refractivity contribution is 6.31. The molecule has 20 heavy (non-hydrogen) atoms. The van der Waals surface area contributed by atoms with Crippen molar-refractivity contribution in [3.05, 3.63) is 29.0 Å². The monoisotopic (exact) mass is 294 g/mol. The average Bonchev–Trinajstić information content (AvgIpc) is 2.49. The summed E-state index contributed by atoms with van der Waals surface area (Å²) in [6.45, 7) is 5.56. The topological polar surface area (TPSA) is 24.9 Å². The van der Waals surface area contributed by atoms with Crippen molar-refractivity contribution in [2.45, 2.75) is 58.4 Å². The predicted octanol–water partition coefficient (Wildman–Crippen LogP) is 4.99. The smallest absolute Gasteiger partial charge is 0.0761 e. The molecule has 1 saturated carbocycles. The third kappa shape index (κ3) is 3.95. The van der Waals surface area contributed by atoms with E-state index in [0.717, 1.165) is 29.6 Å². The van der Waals surface area contributed by atoms with E-state index in [1.165, 1.54) is 32.1 Å². The van der Waals surface area contributed by atoms with Crippen molar-refractivity contribution in [1.82, 2.24) is 10.3 Å². The molecule has 0 aromatic carbocycles. The Kier molecular flexibility index (Phi) is 6.31. The second-order valence-corrected chi connectivity index (χ2v) is 6.41. The number of aromatic nitrogens is 1. The van der Waals surface area contributed by atoms with Gasteiger partial charge in [0.15, 0.2) is 0 Å². The minimum Gasteiger partial charge on any atom is -0.308 e. The van der Waals surface area contributed by atoms with E-state index < -0.39 is 0 Å². The van der Waals surface area contributed by atoms with Crippen molar-refractivity contribution in [3.63, 3.8) is 0 Å². The van der Waals surface area contributed by atoms with Gasteiger partial charge in [-0.25, -0.2) is 0 Å². The summed E-state index contributed by atoms with van der Waals surface area (Å²) in [7, 11) is 0. The lowest BCUT2D eigenvalue weighted by atomic mass is 9.76. The number of hydrogen-bond donors (Lipinski definition) is 1. The standard InChI is InChI=1S/C17H27ClN2/c1-3-10-19-16(17-15(18)9-6-11-20-17)14-8-5-7-13(4-2)12-14/h6,9,11,13-14,16,19H,3-5,7-8,10,12H2,1-2H3. The summed E-state index contributed by atoms with van der Waals surface area (Å²) in [5.74, 6) is 1.55. The van der Waals surface area contributed by atoms with Gasteiger partial charge in [-0.3, -0.25) is 4.98 Å². The number of nitrogens with zero attached hydrogens (tertiary/aromatic N) is 1. The Bertz CT molecular complexity index is 408. The van der Waals surface area contributed by atoms with Crippen LogP contribution in [0.25, 0.3) is 0 Å². The third-order valence-electron chi connectivity index (χ3n) is 4.57. The first-order valence-corrected chi connectivity index (χ1v) is 8.47. The largest absolute Gasteiger partial charge is 0.308 e. The van der Waals surface area contributed by atoms with Crippen LogP contribution in [0.15, 0.2) is 18.3 Å². The summed E-state index contributed by atoms with van der Waals surface area (Å²) < 4.78 is 0. The summed E-state index contributed by atoms with van der Waals surface area (Å²) in [5.41, 5.74) is 1.05. The molecule has 0 radical (unpaired) electrons. The van der Waals surface area contributed by atoms with Crippen molar-refractivity contribution < 1.29 is 0 Å². The highest BCUT2D eigenvalue weighted by atomic mass is 35.5. The molecule has 112 valence electrons. The Hall–Kier alpha value is -0.600. The highest BCUT2D eigenvalue weighted by Crippen LogP contribution is 2.39. The van der Waals surface area contributed by atoms with E-state index in [0.29, 0.717) is 12.0 Å². The number of rotatable bonds is 6. The van der Waals surface area contributed by atoms with E-state index >= 15 is 0 Å². The third-order valence-corrected chi connectivity index (χ3v) is 4.89. The lowest BCUT2D eigenvalue weighted by Crippen LogP contribution is -2.33. The molecule has 1 aliphatic carbocycles. The lowest BCUT2D eigenvalue weighted by Gasteiger charge is -2.35. The second kappa shape index (κ2) is 7.99. The van der Waals surface area contributed by atoms with Gasteiger partial charge in [0.05, 0.1) is 16.8 Å². The van der Waals surface area contributed by atoms with Gasteiger partial charge >= 0.3 is 0 Å². The molecule has 0 bridgehead atoms. The van der Waals surface area contributed by atoms with Gasteiger partial charge in [0.1, 0.15) is 0 Å². The maximum absolute atomic E-state index is 6.38. The van der Waals surface area contributed by atoms with E-state index in [2.05, 4.69) is 24.1 Å². The zero-order valence-corrected chi connectivity index (χ0v) is 13.5. The fourth-order valence-corrected chi connectivity index (χ4v) is 3.66. The molecular weight excluding hydrogens is 268 g/mol. The molecule has 1 aliphatic rings. The van der Waals surface area contributed by atoms with Crippen LogP contribution in [0.3, 0.4) is 0 Å². The van der Waals surface area contributed by atoms with Crippen molar-refractivity contribution in [2.75, 3.05) is 6.54 Å². The average molecular weight is 295 g/mol. The van der Waals surface area contributed by atoms with Gasteiger partial charge in [0, 0.05) is 6.20 Å². The zero-order valence-electron chi connectivity index (χ0n) is 12.7. The van der Waals surface area contributed by atoms with Crippen LogP contribution in [0.2, 0.25) is 5.02 Å². The van der Waals surface area contributed by atoms with Crippen LogP contribution in [0.4, 0.5) is 0 Å². The molecule has 2 nitrogen and oxygen atoms in total. The summed E-state index contributed by atoms with van der Waals surface area (Å²) in [4.78, 5) is 4.56. The van der Waals surface area contributed by atoms with Crippen LogP contribution in [0.1, 0.15) is 64.1 Å². The Morgan fingerprint density at radius 1 is 1.40 bits per heavy atom. The number of pyridine rings is 1. The molecule has 0 aliphatic heterocycles. The summed E-state index contributed by atoms with van der Waals surface area (Å²) >= 11 is 6.38. The fourth-order valence-electron chi connectivity index (χ4n) is 3.42. The molecule has 2 rings (SSSR count). The fraction of sp³-hybridized carbons (Fsp3) is 0.706. The Balaban J connectivity index is 2.16. The van der Waals surface area contributed by atoms with E-state index in [-0.39, 0.29) is 0 Å². The van der Waals surface area contributed by atoms with Crippen LogP contribution in [-0.2, 0) is 0 Å².